The summed E-state index contributed by atoms with van der Waals surface area (Å²) in [5, 5.41) is 10.3. The summed E-state index contributed by atoms with van der Waals surface area (Å²) < 4.78 is 43.0. The molecule has 1 aliphatic rings. The Hall–Kier alpha value is -4.19. The summed E-state index contributed by atoms with van der Waals surface area (Å²) >= 11 is 0. The molecule has 10 heteroatoms. The average Bonchev–Trinajstić information content (AvgIpc) is 3.08. The first-order chi connectivity index (χ1) is 22.3. The van der Waals surface area contributed by atoms with E-state index in [4.69, 9.17) is 9.47 Å². The Labute approximate surface area is 269 Å². The number of aliphatic hydroxyl groups is 1. The van der Waals surface area contributed by atoms with Gasteiger partial charge in [-0.2, -0.15) is 0 Å². The number of benzene rings is 3. The van der Waals surface area contributed by atoms with Gasteiger partial charge < -0.3 is 19.5 Å². The lowest BCUT2D eigenvalue weighted by molar-refractivity contribution is -0.275. The smallest absolute Gasteiger partial charge is 0.264 e. The lowest BCUT2D eigenvalue weighted by Crippen LogP contribution is -2.44. The SMILES string of the molecule is C[C@H]1[C@@H](CN(C)CCc2ccccn2)OC(c2cccc(NS(=O)(=O)c3cccc4cccnc34)c2)O[C@H]1c1ccc(CO)cc1. The van der Waals surface area contributed by atoms with Crippen molar-refractivity contribution >= 4 is 26.6 Å². The van der Waals surface area contributed by atoms with Crippen LogP contribution in [0.15, 0.2) is 114 Å². The van der Waals surface area contributed by atoms with E-state index in [1.165, 1.54) is 0 Å². The molecule has 1 saturated heterocycles. The Morgan fingerprint density at radius 3 is 2.43 bits per heavy atom. The molecule has 3 aromatic carbocycles. The third-order valence-corrected chi connectivity index (χ3v) is 9.80. The first kappa shape index (κ1) is 31.8. The highest BCUT2D eigenvalue weighted by atomic mass is 32.2. The van der Waals surface area contributed by atoms with E-state index in [-0.39, 0.29) is 29.6 Å². The maximum Gasteiger partial charge on any atom is 0.264 e. The number of ether oxygens (including phenoxy) is 2. The van der Waals surface area contributed by atoms with E-state index >= 15 is 0 Å². The van der Waals surface area contributed by atoms with Crippen LogP contribution in [0.5, 0.6) is 0 Å². The Balaban J connectivity index is 1.25. The maximum atomic E-state index is 13.5. The van der Waals surface area contributed by atoms with Gasteiger partial charge in [-0.05, 0) is 54.6 Å². The third kappa shape index (κ3) is 7.27. The zero-order valence-electron chi connectivity index (χ0n) is 25.9. The second kappa shape index (κ2) is 14.1. The van der Waals surface area contributed by atoms with Crippen LogP contribution in [0.1, 0.15) is 41.7 Å². The predicted molar refractivity (Wildman–Crippen MR) is 177 cm³/mol. The van der Waals surface area contributed by atoms with Crippen molar-refractivity contribution in [3.63, 3.8) is 0 Å². The van der Waals surface area contributed by atoms with E-state index in [1.807, 2.05) is 66.9 Å². The van der Waals surface area contributed by atoms with Gasteiger partial charge in [-0.25, -0.2) is 8.42 Å². The molecule has 1 fully saturated rings. The molecule has 0 spiro atoms. The minimum atomic E-state index is -3.94. The molecule has 0 amide bonds. The first-order valence-electron chi connectivity index (χ1n) is 15.4. The standard InChI is InChI=1S/C36H38N4O5S/c1-25-32(23-40(2)21-18-30-11-3-4-19-37-30)44-36(45-35(25)28-16-14-26(24-41)15-17-28)29-9-5-12-31(22-29)39-46(42,43)33-13-6-8-27-10-7-20-38-34(27)33/h3-17,19-20,22,25,32,35-36,39,41H,18,21,23-24H2,1-2H3/t25-,32+,35+,36?/m0/s1. The van der Waals surface area contributed by atoms with Crippen LogP contribution >= 0.6 is 0 Å². The normalized spacial score (nSPS) is 20.2. The highest BCUT2D eigenvalue weighted by Crippen LogP contribution is 2.42. The fraction of sp³-hybridized carbons (Fsp3) is 0.278. The van der Waals surface area contributed by atoms with Crippen LogP contribution in [0.4, 0.5) is 5.69 Å². The summed E-state index contributed by atoms with van der Waals surface area (Å²) in [6, 6.07) is 29.6. The number of aromatic nitrogens is 2. The molecule has 2 N–H and O–H groups in total. The quantitative estimate of drug-likeness (QED) is 0.184. The first-order valence-corrected chi connectivity index (χ1v) is 16.8. The van der Waals surface area contributed by atoms with Crippen LogP contribution in [-0.4, -0.2) is 54.6 Å². The lowest BCUT2D eigenvalue weighted by Gasteiger charge is -2.42. The largest absolute Gasteiger partial charge is 0.392 e. The number of fused-ring (bicyclic) bond motifs is 1. The molecule has 4 atom stereocenters. The number of pyridine rings is 2. The van der Waals surface area contributed by atoms with Crippen molar-refractivity contribution < 1.29 is 23.0 Å². The van der Waals surface area contributed by atoms with Gasteiger partial charge in [-0.15, -0.1) is 0 Å². The van der Waals surface area contributed by atoms with Crippen molar-refractivity contribution in [2.75, 3.05) is 24.9 Å². The number of rotatable bonds is 11. The van der Waals surface area contributed by atoms with Crippen LogP contribution in [-0.2, 0) is 32.5 Å². The molecule has 46 heavy (non-hydrogen) atoms. The predicted octanol–water partition coefficient (Wildman–Crippen LogP) is 5.89. The van der Waals surface area contributed by atoms with Crippen molar-refractivity contribution in [2.24, 2.45) is 5.92 Å². The summed E-state index contributed by atoms with van der Waals surface area (Å²) in [4.78, 5) is 11.1. The minimum absolute atomic E-state index is 0.00840. The second-order valence-corrected chi connectivity index (χ2v) is 13.4. The molecule has 2 aromatic heterocycles. The Bertz CT molecular complexity index is 1870. The number of nitrogens with one attached hydrogen (secondary N) is 1. The number of hydrogen-bond donors (Lipinski definition) is 2. The number of sulfonamides is 1. The zero-order chi connectivity index (χ0) is 32.1. The van der Waals surface area contributed by atoms with Gasteiger partial charge in [0.15, 0.2) is 6.29 Å². The van der Waals surface area contributed by atoms with Crippen LogP contribution in [0, 0.1) is 5.92 Å². The molecule has 1 aliphatic heterocycles. The van der Waals surface area contributed by atoms with Crippen LogP contribution in [0.25, 0.3) is 10.9 Å². The van der Waals surface area contributed by atoms with Crippen molar-refractivity contribution in [1.29, 1.82) is 0 Å². The van der Waals surface area contributed by atoms with Crippen molar-refractivity contribution in [3.8, 4) is 0 Å². The molecule has 0 aliphatic carbocycles. The summed E-state index contributed by atoms with van der Waals surface area (Å²) in [5.74, 6) is 0.00840. The molecule has 3 heterocycles. The van der Waals surface area contributed by atoms with Gasteiger partial charge in [0.1, 0.15) is 4.90 Å². The lowest BCUT2D eigenvalue weighted by atomic mass is 9.90. The van der Waals surface area contributed by atoms with Crippen LogP contribution < -0.4 is 4.72 Å². The maximum absolute atomic E-state index is 13.5. The molecule has 0 bridgehead atoms. The van der Waals surface area contributed by atoms with Crippen LogP contribution in [0.2, 0.25) is 0 Å². The fourth-order valence-corrected chi connectivity index (χ4v) is 7.06. The van der Waals surface area contributed by atoms with Gasteiger partial charge in [-0.3, -0.25) is 14.7 Å². The molecule has 0 radical (unpaired) electrons. The number of anilines is 1. The van der Waals surface area contributed by atoms with Crippen molar-refractivity contribution in [3.05, 3.63) is 132 Å². The molecule has 9 nitrogen and oxygen atoms in total. The zero-order valence-corrected chi connectivity index (χ0v) is 26.7. The van der Waals surface area contributed by atoms with E-state index in [2.05, 4.69) is 33.6 Å². The topological polar surface area (TPSA) is 114 Å². The highest BCUT2D eigenvalue weighted by molar-refractivity contribution is 7.93. The van der Waals surface area contributed by atoms with Gasteiger partial charge in [0.25, 0.3) is 10.0 Å². The summed E-state index contributed by atoms with van der Waals surface area (Å²) in [6.07, 6.45) is 3.00. The van der Waals surface area contributed by atoms with E-state index in [9.17, 15) is 13.5 Å². The van der Waals surface area contributed by atoms with Gasteiger partial charge in [0.05, 0.1) is 24.3 Å². The second-order valence-electron chi connectivity index (χ2n) is 11.7. The third-order valence-electron chi connectivity index (χ3n) is 8.39. The van der Waals surface area contributed by atoms with E-state index in [1.54, 1.807) is 42.6 Å². The minimum Gasteiger partial charge on any atom is -0.392 e. The summed E-state index contributed by atoms with van der Waals surface area (Å²) in [5.41, 5.74) is 4.34. The summed E-state index contributed by atoms with van der Waals surface area (Å²) in [6.45, 7) is 3.57. The highest BCUT2D eigenvalue weighted by Gasteiger charge is 2.39. The van der Waals surface area contributed by atoms with E-state index in [0.717, 1.165) is 35.2 Å². The van der Waals surface area contributed by atoms with Gasteiger partial charge >= 0.3 is 0 Å². The molecule has 238 valence electrons. The van der Waals surface area contributed by atoms with Gasteiger partial charge in [-0.1, -0.05) is 67.6 Å². The van der Waals surface area contributed by atoms with Gasteiger partial charge in [0, 0.05) is 60.2 Å². The number of hydrogen-bond acceptors (Lipinski definition) is 8. The molecule has 6 rings (SSSR count). The van der Waals surface area contributed by atoms with Gasteiger partial charge in [0.2, 0.25) is 0 Å². The number of para-hydroxylation sites is 1. The van der Waals surface area contributed by atoms with E-state index in [0.29, 0.717) is 23.3 Å². The Morgan fingerprint density at radius 2 is 1.65 bits per heavy atom. The van der Waals surface area contributed by atoms with Crippen LogP contribution in [0.3, 0.4) is 0 Å². The Morgan fingerprint density at radius 1 is 0.870 bits per heavy atom. The molecular weight excluding hydrogens is 600 g/mol. The fourth-order valence-electron chi connectivity index (χ4n) is 5.83. The number of likely N-dealkylation sites (N-methyl/N-ethyl adjacent to an activating group) is 1. The molecule has 5 aromatic rings. The van der Waals surface area contributed by atoms with Crippen molar-refractivity contribution in [1.82, 2.24) is 14.9 Å². The number of nitrogens with zero attached hydrogens (tertiary/aromatic N) is 3. The molecule has 0 saturated carbocycles. The average molecular weight is 639 g/mol. The summed E-state index contributed by atoms with van der Waals surface area (Å²) in [7, 11) is -1.86. The Kier molecular flexibility index (Phi) is 9.72. The monoisotopic (exact) mass is 638 g/mol. The molecule has 1 unspecified atom stereocenters. The number of aliphatic hydroxyl groups excluding tert-OH is 1. The molecular formula is C36H38N4O5S. The van der Waals surface area contributed by atoms with E-state index < -0.39 is 16.3 Å². The van der Waals surface area contributed by atoms with Crippen molar-refractivity contribution in [2.45, 2.75) is 43.3 Å².